The maximum Gasteiger partial charge on any atom is 0.228 e. The third-order valence-electron chi connectivity index (χ3n) is 1.94. The molecule has 0 aromatic carbocycles. The van der Waals surface area contributed by atoms with Crippen molar-refractivity contribution in [3.05, 3.63) is 32.8 Å². The van der Waals surface area contributed by atoms with E-state index in [0.29, 0.717) is 11.6 Å². The summed E-state index contributed by atoms with van der Waals surface area (Å²) in [5.41, 5.74) is 1.86. The predicted octanol–water partition coefficient (Wildman–Crippen LogP) is 1.08. The number of thiophene rings is 1. The summed E-state index contributed by atoms with van der Waals surface area (Å²) in [6.45, 7) is 0.304. The van der Waals surface area contributed by atoms with E-state index in [2.05, 4.69) is 0 Å². The number of allylic oxidation sites excluding steroid dienone is 1. The van der Waals surface area contributed by atoms with Gasteiger partial charge in [0.15, 0.2) is 6.07 Å². The Hall–Kier alpha value is -0.860. The molecule has 1 aliphatic rings. The number of nitrogens with zero attached hydrogens (tertiary/aromatic N) is 1. The van der Waals surface area contributed by atoms with Crippen LogP contribution in [-0.2, 0) is 6.54 Å². The summed E-state index contributed by atoms with van der Waals surface area (Å²) in [5, 5.41) is 23.9. The monoisotopic (exact) mass is 212 g/mol. The molecule has 1 N–H and O–H groups in total. The van der Waals surface area contributed by atoms with Crippen LogP contribution in [0.2, 0.25) is 0 Å². The Morgan fingerprint density at radius 3 is 3.08 bits per heavy atom. The second-order valence-electron chi connectivity index (χ2n) is 2.71. The first-order chi connectivity index (χ1) is 6.24. The molecule has 1 aromatic rings. The minimum Gasteiger partial charge on any atom is -0.628 e. The van der Waals surface area contributed by atoms with Crippen molar-refractivity contribution in [3.8, 4) is 6.07 Å². The molecule has 66 valence electrons. The number of nitrogens with one attached hydrogen (secondary N) is 1. The summed E-state index contributed by atoms with van der Waals surface area (Å²) in [6.07, 6.45) is 0. The van der Waals surface area contributed by atoms with Gasteiger partial charge in [-0.3, -0.25) is 0 Å². The third kappa shape index (κ3) is 1.26. The summed E-state index contributed by atoms with van der Waals surface area (Å²) in [6, 6.07) is 1.84. The number of fused-ring (bicyclic) bond motifs is 1. The second kappa shape index (κ2) is 3.13. The third-order valence-corrected chi connectivity index (χ3v) is 3.12. The van der Waals surface area contributed by atoms with Crippen molar-refractivity contribution >= 4 is 28.0 Å². The fourth-order valence-corrected chi connectivity index (χ4v) is 2.52. The molecule has 0 saturated heterocycles. The normalized spacial score (nSPS) is 21.2. The molecule has 1 aromatic heterocycles. The Kier molecular flexibility index (Phi) is 2.10. The fraction of sp³-hybridized carbons (Fsp3) is 0.125. The molecule has 5 heteroatoms. The molecule has 1 aliphatic heterocycles. The van der Waals surface area contributed by atoms with Gasteiger partial charge in [-0.1, -0.05) is 11.6 Å². The van der Waals surface area contributed by atoms with Gasteiger partial charge in [-0.25, -0.2) is 0 Å². The summed E-state index contributed by atoms with van der Waals surface area (Å²) in [5.74, 6) is 0. The van der Waals surface area contributed by atoms with Crippen LogP contribution in [-0.4, -0.2) is 0 Å². The van der Waals surface area contributed by atoms with E-state index in [0.717, 1.165) is 11.1 Å². The molecule has 0 amide bonds. The highest BCUT2D eigenvalue weighted by Gasteiger charge is 2.24. The lowest BCUT2D eigenvalue weighted by molar-refractivity contribution is -0.817. The smallest absolute Gasteiger partial charge is 0.228 e. The molecule has 0 aliphatic carbocycles. The summed E-state index contributed by atoms with van der Waals surface area (Å²) in [4.78, 5) is 0. The van der Waals surface area contributed by atoms with Gasteiger partial charge in [0.2, 0.25) is 5.70 Å². The number of hydrogen-bond acceptors (Lipinski definition) is 3. The average molecular weight is 213 g/mol. The van der Waals surface area contributed by atoms with Crippen molar-refractivity contribution in [1.29, 1.82) is 5.26 Å². The second-order valence-corrected chi connectivity index (χ2v) is 3.83. The van der Waals surface area contributed by atoms with E-state index < -0.39 is 0 Å². The number of halogens is 1. The minimum atomic E-state index is -0.182. The molecule has 3 nitrogen and oxygen atoms in total. The average Bonchev–Trinajstić information content (AvgIpc) is 2.53. The Balaban J connectivity index is 2.61. The molecule has 0 bridgehead atoms. The van der Waals surface area contributed by atoms with Crippen molar-refractivity contribution < 1.29 is 5.06 Å². The number of rotatable bonds is 0. The first-order valence-electron chi connectivity index (χ1n) is 3.62. The topological polar surface area (TPSA) is 51.3 Å². The van der Waals surface area contributed by atoms with Crippen molar-refractivity contribution in [2.45, 2.75) is 6.54 Å². The highest BCUT2D eigenvalue weighted by molar-refractivity contribution is 7.08. The van der Waals surface area contributed by atoms with Gasteiger partial charge in [0.05, 0.1) is 0 Å². The predicted molar refractivity (Wildman–Crippen MR) is 50.7 cm³/mol. The van der Waals surface area contributed by atoms with Gasteiger partial charge in [0, 0.05) is 21.9 Å². The van der Waals surface area contributed by atoms with Crippen molar-refractivity contribution in [1.82, 2.24) is 0 Å². The molecule has 1 unspecified atom stereocenters. The Labute approximate surface area is 84.0 Å². The van der Waals surface area contributed by atoms with E-state index in [-0.39, 0.29) is 10.8 Å². The van der Waals surface area contributed by atoms with Crippen LogP contribution in [0.5, 0.6) is 0 Å². The van der Waals surface area contributed by atoms with E-state index in [9.17, 15) is 5.21 Å². The lowest BCUT2D eigenvalue weighted by Crippen LogP contribution is -3.04. The number of nitriles is 1. The zero-order chi connectivity index (χ0) is 9.42. The molecular weight excluding hydrogens is 208 g/mol. The van der Waals surface area contributed by atoms with Crippen molar-refractivity contribution in [2.24, 2.45) is 0 Å². The number of hydroxylamine groups is 2. The van der Waals surface area contributed by atoms with Gasteiger partial charge in [0.25, 0.3) is 0 Å². The molecule has 0 saturated carbocycles. The molecular formula is C8H5ClN2OS. The van der Waals surface area contributed by atoms with E-state index >= 15 is 0 Å². The molecule has 2 heterocycles. The first kappa shape index (κ1) is 8.73. The fourth-order valence-electron chi connectivity index (χ4n) is 1.28. The number of quaternary nitrogens is 1. The van der Waals surface area contributed by atoms with Gasteiger partial charge >= 0.3 is 0 Å². The highest BCUT2D eigenvalue weighted by Crippen LogP contribution is 2.29. The largest absolute Gasteiger partial charge is 0.628 e. The highest BCUT2D eigenvalue weighted by atomic mass is 35.5. The van der Waals surface area contributed by atoms with E-state index in [1.165, 1.54) is 11.3 Å². The lowest BCUT2D eigenvalue weighted by Gasteiger charge is -2.25. The summed E-state index contributed by atoms with van der Waals surface area (Å²) in [7, 11) is 0. The Morgan fingerprint density at radius 1 is 1.62 bits per heavy atom. The van der Waals surface area contributed by atoms with Crippen LogP contribution in [0.4, 0.5) is 0 Å². The molecule has 0 fully saturated rings. The summed E-state index contributed by atoms with van der Waals surface area (Å²) < 4.78 is 0. The van der Waals surface area contributed by atoms with E-state index in [1.807, 2.05) is 16.8 Å². The van der Waals surface area contributed by atoms with Crippen molar-refractivity contribution in [3.63, 3.8) is 0 Å². The van der Waals surface area contributed by atoms with E-state index in [1.54, 1.807) is 0 Å². The van der Waals surface area contributed by atoms with Crippen LogP contribution >= 0.6 is 22.9 Å². The molecule has 2 rings (SSSR count). The van der Waals surface area contributed by atoms with Crippen LogP contribution in [0.1, 0.15) is 11.1 Å². The molecule has 1 atom stereocenters. The van der Waals surface area contributed by atoms with Gasteiger partial charge in [-0.05, 0) is 0 Å². The molecule has 0 radical (unpaired) electrons. The van der Waals surface area contributed by atoms with Gasteiger partial charge < -0.3 is 10.3 Å². The SMILES string of the molecule is N#CC1=C(Cl)c2cscc2C[NH+]1[O-]. The van der Waals surface area contributed by atoms with Gasteiger partial charge in [-0.2, -0.15) is 16.6 Å². The van der Waals surface area contributed by atoms with Crippen LogP contribution in [0, 0.1) is 16.5 Å². The minimum absolute atomic E-state index is 0.0903. The standard InChI is InChI=1S/C8H5ClN2OS/c9-8-6-4-13-3-5(6)2-11(12)7(8)1-10/h3-4,11H,2H2. The number of hydrogen-bond donors (Lipinski definition) is 1. The quantitative estimate of drug-likeness (QED) is 0.655. The Bertz CT molecular complexity index is 418. The van der Waals surface area contributed by atoms with Crippen LogP contribution in [0.15, 0.2) is 16.5 Å². The van der Waals surface area contributed by atoms with Crippen LogP contribution < -0.4 is 5.06 Å². The van der Waals surface area contributed by atoms with Gasteiger partial charge in [0.1, 0.15) is 11.6 Å². The Morgan fingerprint density at radius 2 is 2.38 bits per heavy atom. The maximum atomic E-state index is 11.3. The molecule has 0 spiro atoms. The van der Waals surface area contributed by atoms with Gasteiger partial charge in [-0.15, -0.1) is 0 Å². The zero-order valence-corrected chi connectivity index (χ0v) is 8.08. The lowest BCUT2D eigenvalue weighted by atomic mass is 10.1. The molecule has 13 heavy (non-hydrogen) atoms. The van der Waals surface area contributed by atoms with E-state index in [4.69, 9.17) is 16.9 Å². The van der Waals surface area contributed by atoms with Crippen LogP contribution in [0.25, 0.3) is 5.03 Å². The maximum absolute atomic E-state index is 11.3. The van der Waals surface area contributed by atoms with Crippen molar-refractivity contribution in [2.75, 3.05) is 0 Å². The van der Waals surface area contributed by atoms with Crippen LogP contribution in [0.3, 0.4) is 0 Å². The zero-order valence-electron chi connectivity index (χ0n) is 6.50. The first-order valence-corrected chi connectivity index (χ1v) is 4.94. The summed E-state index contributed by atoms with van der Waals surface area (Å²) >= 11 is 7.39.